The molecule has 0 saturated heterocycles. The number of rotatable bonds is 7. The molecule has 1 atom stereocenters. The largest absolute Gasteiger partial charge is 0.324 e. The van der Waals surface area contributed by atoms with Gasteiger partial charge in [-0.2, -0.15) is 0 Å². The van der Waals surface area contributed by atoms with Crippen molar-refractivity contribution in [1.82, 2.24) is 4.90 Å². The second-order valence-electron chi connectivity index (χ2n) is 5.25. The van der Waals surface area contributed by atoms with Crippen LogP contribution in [0.25, 0.3) is 0 Å². The molecule has 18 heavy (non-hydrogen) atoms. The van der Waals surface area contributed by atoms with Gasteiger partial charge in [-0.3, -0.25) is 0 Å². The van der Waals surface area contributed by atoms with Crippen molar-refractivity contribution in [2.45, 2.75) is 32.2 Å². The Balaban J connectivity index is 1.82. The fraction of sp³-hybridized carbons (Fsp3) is 0.600. The third-order valence-corrected chi connectivity index (χ3v) is 4.44. The zero-order valence-corrected chi connectivity index (χ0v) is 12.7. The molecule has 0 bridgehead atoms. The van der Waals surface area contributed by atoms with Gasteiger partial charge in [0.2, 0.25) is 0 Å². The highest BCUT2D eigenvalue weighted by atomic mass is 79.9. The van der Waals surface area contributed by atoms with Crippen molar-refractivity contribution in [3.05, 3.63) is 34.3 Å². The zero-order valence-electron chi connectivity index (χ0n) is 11.1. The van der Waals surface area contributed by atoms with E-state index < -0.39 is 0 Å². The lowest BCUT2D eigenvalue weighted by atomic mass is 10.0. The van der Waals surface area contributed by atoms with Crippen LogP contribution < -0.4 is 5.73 Å². The lowest BCUT2D eigenvalue weighted by Gasteiger charge is -2.22. The molecule has 3 heteroatoms. The van der Waals surface area contributed by atoms with Crippen LogP contribution in [0.4, 0.5) is 0 Å². The van der Waals surface area contributed by atoms with E-state index in [2.05, 4.69) is 46.0 Å². The minimum atomic E-state index is 0.133. The van der Waals surface area contributed by atoms with Gasteiger partial charge in [-0.25, -0.2) is 0 Å². The van der Waals surface area contributed by atoms with Crippen molar-refractivity contribution in [2.24, 2.45) is 11.7 Å². The average molecular weight is 311 g/mol. The predicted molar refractivity (Wildman–Crippen MR) is 80.5 cm³/mol. The Bertz CT molecular complexity index is 377. The Kier molecular flexibility index (Phi) is 5.22. The predicted octanol–water partition coefficient (Wildman–Crippen LogP) is 3.57. The smallest absolute Gasteiger partial charge is 0.0318 e. The van der Waals surface area contributed by atoms with Gasteiger partial charge in [0.1, 0.15) is 0 Å². The highest BCUT2D eigenvalue weighted by molar-refractivity contribution is 9.10. The number of halogens is 1. The van der Waals surface area contributed by atoms with Crippen molar-refractivity contribution in [2.75, 3.05) is 19.6 Å². The van der Waals surface area contributed by atoms with Gasteiger partial charge in [-0.15, -0.1) is 0 Å². The molecule has 1 aromatic carbocycles. The summed E-state index contributed by atoms with van der Waals surface area (Å²) in [6.07, 6.45) is 3.88. The zero-order chi connectivity index (χ0) is 13.0. The van der Waals surface area contributed by atoms with E-state index in [4.69, 9.17) is 5.73 Å². The maximum absolute atomic E-state index is 6.29. The summed E-state index contributed by atoms with van der Waals surface area (Å²) in [5.74, 6) is 0.963. The van der Waals surface area contributed by atoms with E-state index in [1.54, 1.807) is 0 Å². The maximum atomic E-state index is 6.29. The Morgan fingerprint density at radius 1 is 1.39 bits per heavy atom. The van der Waals surface area contributed by atoms with Crippen LogP contribution in [0.3, 0.4) is 0 Å². The topological polar surface area (TPSA) is 29.3 Å². The van der Waals surface area contributed by atoms with Gasteiger partial charge in [0.15, 0.2) is 0 Å². The molecule has 0 amide bonds. The number of nitrogens with two attached hydrogens (primary N) is 1. The molecule has 1 aliphatic rings. The molecule has 1 aliphatic carbocycles. The summed E-state index contributed by atoms with van der Waals surface area (Å²) in [5.41, 5.74) is 7.51. The van der Waals surface area contributed by atoms with Crippen LogP contribution in [-0.2, 0) is 0 Å². The quantitative estimate of drug-likeness (QED) is 0.834. The molecule has 2 nitrogen and oxygen atoms in total. The molecular weight excluding hydrogens is 288 g/mol. The first kappa shape index (κ1) is 14.0. The monoisotopic (exact) mass is 310 g/mol. The van der Waals surface area contributed by atoms with Crippen LogP contribution in [0.5, 0.6) is 0 Å². The van der Waals surface area contributed by atoms with Crippen molar-refractivity contribution in [3.63, 3.8) is 0 Å². The number of hydrogen-bond donors (Lipinski definition) is 1. The molecule has 0 spiro atoms. The van der Waals surface area contributed by atoms with Crippen LogP contribution in [0.2, 0.25) is 0 Å². The molecule has 0 aromatic heterocycles. The summed E-state index contributed by atoms with van der Waals surface area (Å²) in [5, 5.41) is 0. The standard InChI is InChI=1S/C15H23BrN2/c1-2-18(11-12-7-8-12)10-9-15(17)13-5-3-4-6-14(13)16/h3-6,12,15H,2,7-11,17H2,1H3. The van der Waals surface area contributed by atoms with Gasteiger partial charge in [-0.05, 0) is 49.9 Å². The molecular formula is C15H23BrN2. The van der Waals surface area contributed by atoms with Crippen LogP contribution >= 0.6 is 15.9 Å². The lowest BCUT2D eigenvalue weighted by molar-refractivity contribution is 0.265. The number of hydrogen-bond acceptors (Lipinski definition) is 2. The third-order valence-electron chi connectivity index (χ3n) is 3.72. The van der Waals surface area contributed by atoms with Crippen molar-refractivity contribution >= 4 is 15.9 Å². The molecule has 100 valence electrons. The van der Waals surface area contributed by atoms with Crippen LogP contribution in [-0.4, -0.2) is 24.5 Å². The SMILES string of the molecule is CCN(CCC(N)c1ccccc1Br)CC1CC1. The van der Waals surface area contributed by atoms with Gasteiger partial charge >= 0.3 is 0 Å². The van der Waals surface area contributed by atoms with Crippen molar-refractivity contribution in [1.29, 1.82) is 0 Å². The average Bonchev–Trinajstić information content (AvgIpc) is 3.18. The molecule has 2 N–H and O–H groups in total. The van der Waals surface area contributed by atoms with Gasteiger partial charge < -0.3 is 10.6 Å². The van der Waals surface area contributed by atoms with E-state index >= 15 is 0 Å². The van der Waals surface area contributed by atoms with Crippen molar-refractivity contribution < 1.29 is 0 Å². The first-order valence-corrected chi connectivity index (χ1v) is 7.72. The normalized spacial score (nSPS) is 17.1. The Morgan fingerprint density at radius 3 is 2.72 bits per heavy atom. The minimum Gasteiger partial charge on any atom is -0.324 e. The van der Waals surface area contributed by atoms with Gasteiger partial charge in [0, 0.05) is 17.1 Å². The van der Waals surface area contributed by atoms with Gasteiger partial charge in [0.05, 0.1) is 0 Å². The van der Waals surface area contributed by atoms with Crippen LogP contribution in [0.1, 0.15) is 37.8 Å². The number of benzene rings is 1. The molecule has 0 heterocycles. The van der Waals surface area contributed by atoms with Gasteiger partial charge in [0.25, 0.3) is 0 Å². The molecule has 1 fully saturated rings. The molecule has 1 aromatic rings. The van der Waals surface area contributed by atoms with E-state index in [-0.39, 0.29) is 6.04 Å². The van der Waals surface area contributed by atoms with Gasteiger partial charge in [-0.1, -0.05) is 41.1 Å². The lowest BCUT2D eigenvalue weighted by Crippen LogP contribution is -2.29. The fourth-order valence-electron chi connectivity index (χ4n) is 2.30. The summed E-state index contributed by atoms with van der Waals surface area (Å²) < 4.78 is 1.13. The van der Waals surface area contributed by atoms with E-state index in [1.807, 2.05) is 6.07 Å². The molecule has 1 saturated carbocycles. The van der Waals surface area contributed by atoms with E-state index in [0.29, 0.717) is 0 Å². The molecule has 1 unspecified atom stereocenters. The Morgan fingerprint density at radius 2 is 2.11 bits per heavy atom. The summed E-state index contributed by atoms with van der Waals surface area (Å²) >= 11 is 3.58. The molecule has 0 radical (unpaired) electrons. The van der Waals surface area contributed by atoms with Crippen molar-refractivity contribution in [3.8, 4) is 0 Å². The highest BCUT2D eigenvalue weighted by Gasteiger charge is 2.23. The second kappa shape index (κ2) is 6.69. The second-order valence-corrected chi connectivity index (χ2v) is 6.11. The summed E-state index contributed by atoms with van der Waals surface area (Å²) in [6, 6.07) is 8.41. The Labute approximate surface area is 119 Å². The molecule has 2 rings (SSSR count). The Hall–Kier alpha value is -0.380. The number of nitrogens with zero attached hydrogens (tertiary/aromatic N) is 1. The van der Waals surface area contributed by atoms with E-state index in [9.17, 15) is 0 Å². The fourth-order valence-corrected chi connectivity index (χ4v) is 2.88. The first-order chi connectivity index (χ1) is 8.70. The summed E-state index contributed by atoms with van der Waals surface area (Å²) in [7, 11) is 0. The maximum Gasteiger partial charge on any atom is 0.0318 e. The summed E-state index contributed by atoms with van der Waals surface area (Å²) in [6.45, 7) is 5.75. The van der Waals surface area contributed by atoms with E-state index in [1.165, 1.54) is 24.9 Å². The van der Waals surface area contributed by atoms with Crippen LogP contribution in [0, 0.1) is 5.92 Å². The highest BCUT2D eigenvalue weighted by Crippen LogP contribution is 2.30. The first-order valence-electron chi connectivity index (χ1n) is 6.93. The summed E-state index contributed by atoms with van der Waals surface area (Å²) in [4.78, 5) is 2.54. The van der Waals surface area contributed by atoms with E-state index in [0.717, 1.165) is 29.9 Å². The minimum absolute atomic E-state index is 0.133. The third kappa shape index (κ3) is 4.08. The van der Waals surface area contributed by atoms with Crippen LogP contribution in [0.15, 0.2) is 28.7 Å². The molecule has 0 aliphatic heterocycles.